The molecule has 0 amide bonds. The average molecular weight is 739 g/mol. The highest BCUT2D eigenvalue weighted by Gasteiger charge is 2.33. The van der Waals surface area contributed by atoms with E-state index in [0.717, 1.165) is 70.1 Å². The Morgan fingerprint density at radius 3 is 2.23 bits per heavy atom. The van der Waals surface area contributed by atoms with Crippen molar-refractivity contribution in [1.82, 2.24) is 0 Å². The monoisotopic (exact) mass is 738 g/mol. The third-order valence-electron chi connectivity index (χ3n) is 12.0. The molecule has 0 radical (unpaired) electrons. The van der Waals surface area contributed by atoms with Crippen LogP contribution in [0.2, 0.25) is 0 Å². The molecule has 0 saturated heterocycles. The molecule has 278 valence electrons. The molecule has 0 fully saturated rings. The Morgan fingerprint density at radius 2 is 1.48 bits per heavy atom. The zero-order valence-electron chi connectivity index (χ0n) is 31.9. The van der Waals surface area contributed by atoms with Gasteiger partial charge in [-0.15, -0.1) is 0 Å². The summed E-state index contributed by atoms with van der Waals surface area (Å²) in [5.74, 6) is -1.20. The Kier molecular flexibility index (Phi) is 9.75. The van der Waals surface area contributed by atoms with Crippen LogP contribution in [0.15, 0.2) is 147 Å². The van der Waals surface area contributed by atoms with Gasteiger partial charge in [0.1, 0.15) is 6.29 Å². The van der Waals surface area contributed by atoms with Crippen molar-refractivity contribution >= 4 is 40.8 Å². The average Bonchev–Trinajstić information content (AvgIpc) is 3.64. The molecule has 2 aromatic carbocycles. The van der Waals surface area contributed by atoms with Crippen molar-refractivity contribution in [2.24, 2.45) is 5.92 Å². The molecular formula is C50H42O6. The van der Waals surface area contributed by atoms with Crippen LogP contribution in [-0.2, 0) is 9.59 Å². The van der Waals surface area contributed by atoms with Gasteiger partial charge in [0.25, 0.3) is 0 Å². The second kappa shape index (κ2) is 14.8. The van der Waals surface area contributed by atoms with E-state index in [4.69, 9.17) is 0 Å². The number of rotatable bonds is 10. The lowest BCUT2D eigenvalue weighted by Gasteiger charge is -2.23. The molecule has 56 heavy (non-hydrogen) atoms. The zero-order chi connectivity index (χ0) is 39.2. The number of hydrogen-bond acceptors (Lipinski definition) is 6. The molecule has 6 nitrogen and oxygen atoms in total. The van der Waals surface area contributed by atoms with Crippen molar-refractivity contribution in [2.75, 3.05) is 0 Å². The minimum Gasteiger partial charge on any atom is -0.298 e. The molecule has 0 spiro atoms. The summed E-state index contributed by atoms with van der Waals surface area (Å²) >= 11 is 0. The van der Waals surface area contributed by atoms with Gasteiger partial charge >= 0.3 is 0 Å². The molecule has 0 aliphatic heterocycles. The van der Waals surface area contributed by atoms with E-state index in [0.29, 0.717) is 59.1 Å². The van der Waals surface area contributed by atoms with E-state index in [1.165, 1.54) is 0 Å². The summed E-state index contributed by atoms with van der Waals surface area (Å²) in [4.78, 5) is 81.3. The predicted molar refractivity (Wildman–Crippen MR) is 217 cm³/mol. The SMILES string of the molecule is CC=CC1=C(C)C2=C(CC(CC(=O)c3cc(C(=O)C4=CCC(C5=C(C=O)C=CCC5)=C(C)C4)cc(C(=O)c4ccc5c(c4)C(=O)C4=C5C=CCC4)c3)C=C2)C1=O. The Hall–Kier alpha value is -6.14. The summed E-state index contributed by atoms with van der Waals surface area (Å²) in [5.41, 5.74) is 11.5. The normalized spacial score (nSPS) is 20.3. The van der Waals surface area contributed by atoms with E-state index in [9.17, 15) is 28.8 Å². The molecule has 0 bridgehead atoms. The lowest BCUT2D eigenvalue weighted by atomic mass is 9.81. The lowest BCUT2D eigenvalue weighted by Crippen LogP contribution is -2.16. The van der Waals surface area contributed by atoms with Gasteiger partial charge in [-0.2, -0.15) is 0 Å². The van der Waals surface area contributed by atoms with E-state index in [2.05, 4.69) is 6.08 Å². The lowest BCUT2D eigenvalue weighted by molar-refractivity contribution is -0.112. The van der Waals surface area contributed by atoms with Gasteiger partial charge in [0.15, 0.2) is 28.9 Å². The molecule has 1 unspecified atom stereocenters. The van der Waals surface area contributed by atoms with E-state index in [-0.39, 0.29) is 57.9 Å². The van der Waals surface area contributed by atoms with Gasteiger partial charge in [-0.05, 0) is 129 Å². The van der Waals surface area contributed by atoms with Crippen LogP contribution in [0, 0.1) is 5.92 Å². The highest BCUT2D eigenvalue weighted by Crippen LogP contribution is 2.41. The molecule has 6 aliphatic carbocycles. The van der Waals surface area contributed by atoms with E-state index >= 15 is 0 Å². The smallest absolute Gasteiger partial charge is 0.193 e. The maximum Gasteiger partial charge on any atom is 0.193 e. The van der Waals surface area contributed by atoms with Gasteiger partial charge in [-0.1, -0.05) is 72.4 Å². The molecule has 0 heterocycles. The van der Waals surface area contributed by atoms with Crippen LogP contribution in [0.25, 0.3) is 5.57 Å². The van der Waals surface area contributed by atoms with Crippen LogP contribution < -0.4 is 0 Å². The van der Waals surface area contributed by atoms with E-state index < -0.39 is 0 Å². The van der Waals surface area contributed by atoms with Crippen LogP contribution >= 0.6 is 0 Å². The number of carbonyl (C=O) groups is 6. The van der Waals surface area contributed by atoms with Crippen LogP contribution in [0.4, 0.5) is 0 Å². The number of benzene rings is 2. The maximum atomic E-state index is 14.3. The van der Waals surface area contributed by atoms with Crippen molar-refractivity contribution in [3.8, 4) is 0 Å². The number of hydrogen-bond donors (Lipinski definition) is 0. The standard InChI is InChI=1S/C50H42O6/c1-4-9-39-29(3)38-17-14-30(21-44(38)49(39)55)22-46(52)34-23-35(47(53)31-15-18-37(28(2)20-31)40-11-6-5-10-33(40)27-51)25-36(24-34)48(54)32-16-19-42-41-12-7-8-13-43(41)50(56)45(42)26-32/h4-5,7,9-10,12,14-17,19,23-27,30H,6,8,11,13,18,20-22H2,1-3H3. The number of Topliss-reactive ketones (excluding diaryl/α,β-unsaturated/α-hetero) is 4. The molecule has 0 N–H and O–H groups in total. The first-order chi connectivity index (χ1) is 27.1. The van der Waals surface area contributed by atoms with Crippen molar-refractivity contribution in [3.63, 3.8) is 0 Å². The molecule has 6 heteroatoms. The topological polar surface area (TPSA) is 102 Å². The summed E-state index contributed by atoms with van der Waals surface area (Å²) in [6.07, 6.45) is 22.8. The molecule has 8 rings (SSSR count). The zero-order valence-corrected chi connectivity index (χ0v) is 31.9. The van der Waals surface area contributed by atoms with Crippen LogP contribution in [0.5, 0.6) is 0 Å². The minimum absolute atomic E-state index is 0.00957. The van der Waals surface area contributed by atoms with Gasteiger partial charge in [0.05, 0.1) is 0 Å². The summed E-state index contributed by atoms with van der Waals surface area (Å²) in [6.45, 7) is 5.81. The summed E-state index contributed by atoms with van der Waals surface area (Å²) in [7, 11) is 0. The van der Waals surface area contributed by atoms with Gasteiger partial charge in [-0.3, -0.25) is 28.8 Å². The van der Waals surface area contributed by atoms with Crippen molar-refractivity contribution in [1.29, 1.82) is 0 Å². The number of fused-ring (bicyclic) bond motifs is 2. The quantitative estimate of drug-likeness (QED) is 0.178. The Labute approximate surface area is 326 Å². The Morgan fingerprint density at radius 1 is 0.750 bits per heavy atom. The fraction of sp³-hybridized carbons (Fsp3) is 0.240. The van der Waals surface area contributed by atoms with Crippen molar-refractivity contribution in [3.05, 3.63) is 180 Å². The van der Waals surface area contributed by atoms with Crippen LogP contribution in [0.1, 0.15) is 125 Å². The summed E-state index contributed by atoms with van der Waals surface area (Å²) in [5, 5.41) is 0. The second-order valence-electron chi connectivity index (χ2n) is 15.5. The molecule has 2 aromatic rings. The predicted octanol–water partition coefficient (Wildman–Crippen LogP) is 10.2. The van der Waals surface area contributed by atoms with E-state index in [1.807, 2.05) is 75.4 Å². The molecule has 0 saturated carbocycles. The summed E-state index contributed by atoms with van der Waals surface area (Å²) in [6, 6.07) is 9.86. The van der Waals surface area contributed by atoms with Crippen LogP contribution in [0.3, 0.4) is 0 Å². The minimum atomic E-state index is -0.388. The highest BCUT2D eigenvalue weighted by molar-refractivity contribution is 6.24. The Balaban J connectivity index is 1.10. The fourth-order valence-electron chi connectivity index (χ4n) is 9.04. The van der Waals surface area contributed by atoms with E-state index in [1.54, 1.807) is 30.3 Å². The van der Waals surface area contributed by atoms with Gasteiger partial charge in [0.2, 0.25) is 0 Å². The van der Waals surface area contributed by atoms with Gasteiger partial charge in [-0.25, -0.2) is 0 Å². The first-order valence-electron chi connectivity index (χ1n) is 19.5. The van der Waals surface area contributed by atoms with Crippen molar-refractivity contribution < 1.29 is 28.8 Å². The molecule has 1 atom stereocenters. The number of ketones is 5. The van der Waals surface area contributed by atoms with Gasteiger partial charge in [0, 0.05) is 62.1 Å². The third-order valence-corrected chi connectivity index (χ3v) is 12.0. The third kappa shape index (κ3) is 6.43. The largest absolute Gasteiger partial charge is 0.298 e. The van der Waals surface area contributed by atoms with Crippen molar-refractivity contribution in [2.45, 2.75) is 72.1 Å². The second-order valence-corrected chi connectivity index (χ2v) is 15.5. The summed E-state index contributed by atoms with van der Waals surface area (Å²) < 4.78 is 0. The Bertz CT molecular complexity index is 2540. The molecular weight excluding hydrogens is 697 g/mol. The van der Waals surface area contributed by atoms with Crippen LogP contribution in [-0.4, -0.2) is 35.2 Å². The molecule has 6 aliphatic rings. The first-order valence-corrected chi connectivity index (χ1v) is 19.5. The first kappa shape index (κ1) is 36.8. The molecule has 0 aromatic heterocycles. The maximum absolute atomic E-state index is 14.3. The van der Waals surface area contributed by atoms with Gasteiger partial charge < -0.3 is 0 Å². The highest BCUT2D eigenvalue weighted by atomic mass is 16.1. The number of aldehydes is 1. The fourth-order valence-corrected chi connectivity index (χ4v) is 9.04. The number of carbonyl (C=O) groups excluding carboxylic acids is 6. The number of allylic oxidation sites excluding steroid dienone is 20.